The van der Waals surface area contributed by atoms with E-state index in [0.29, 0.717) is 5.41 Å². The second-order valence-electron chi connectivity index (χ2n) is 6.34. The molecule has 3 nitrogen and oxygen atoms in total. The van der Waals surface area contributed by atoms with Crippen molar-refractivity contribution in [2.45, 2.75) is 39.0 Å². The van der Waals surface area contributed by atoms with Gasteiger partial charge in [-0.05, 0) is 45.2 Å². The third kappa shape index (κ3) is 3.69. The molecule has 18 heavy (non-hydrogen) atoms. The predicted octanol–water partition coefficient (Wildman–Crippen LogP) is 2.12. The van der Waals surface area contributed by atoms with Gasteiger partial charge >= 0.3 is 0 Å². The standard InChI is InChI=1S/C15H30N2O/c1-3-14-6-4-8-17(10-14)12-15(11-16-2)7-5-9-18-13-15/h14,16H,3-13H2,1-2H3. The maximum absolute atomic E-state index is 5.77. The van der Waals surface area contributed by atoms with E-state index in [1.54, 1.807) is 0 Å². The Morgan fingerprint density at radius 1 is 1.39 bits per heavy atom. The van der Waals surface area contributed by atoms with Crippen molar-refractivity contribution < 1.29 is 4.74 Å². The smallest absolute Gasteiger partial charge is 0.0546 e. The molecule has 2 fully saturated rings. The van der Waals surface area contributed by atoms with E-state index >= 15 is 0 Å². The first kappa shape index (κ1) is 14.3. The molecule has 2 unspecified atom stereocenters. The predicted molar refractivity (Wildman–Crippen MR) is 75.9 cm³/mol. The third-order valence-electron chi connectivity index (χ3n) is 4.70. The first-order valence-corrected chi connectivity index (χ1v) is 7.73. The summed E-state index contributed by atoms with van der Waals surface area (Å²) in [5, 5.41) is 3.39. The monoisotopic (exact) mass is 254 g/mol. The van der Waals surface area contributed by atoms with Gasteiger partial charge in [0.2, 0.25) is 0 Å². The molecule has 2 saturated heterocycles. The quantitative estimate of drug-likeness (QED) is 0.813. The molecule has 2 atom stereocenters. The topological polar surface area (TPSA) is 24.5 Å². The van der Waals surface area contributed by atoms with Gasteiger partial charge in [0.05, 0.1) is 6.61 Å². The first-order valence-electron chi connectivity index (χ1n) is 7.73. The SMILES string of the molecule is CCC1CCCN(CC2(CNC)CCCOC2)C1. The number of nitrogens with zero attached hydrogens (tertiary/aromatic N) is 1. The van der Waals surface area contributed by atoms with Crippen LogP contribution in [0.25, 0.3) is 0 Å². The molecule has 0 saturated carbocycles. The molecular formula is C15H30N2O. The number of hydrogen-bond acceptors (Lipinski definition) is 3. The van der Waals surface area contributed by atoms with Gasteiger partial charge < -0.3 is 15.0 Å². The van der Waals surface area contributed by atoms with Crippen LogP contribution in [0.4, 0.5) is 0 Å². The van der Waals surface area contributed by atoms with E-state index < -0.39 is 0 Å². The number of piperidine rings is 1. The van der Waals surface area contributed by atoms with Crippen LogP contribution in [0.1, 0.15) is 39.0 Å². The van der Waals surface area contributed by atoms with Crippen molar-refractivity contribution in [1.82, 2.24) is 10.2 Å². The molecule has 2 aliphatic heterocycles. The molecule has 0 spiro atoms. The minimum Gasteiger partial charge on any atom is -0.381 e. The van der Waals surface area contributed by atoms with Crippen LogP contribution in [0.3, 0.4) is 0 Å². The Hall–Kier alpha value is -0.120. The van der Waals surface area contributed by atoms with Gasteiger partial charge in [-0.3, -0.25) is 0 Å². The van der Waals surface area contributed by atoms with Crippen LogP contribution in [0.15, 0.2) is 0 Å². The van der Waals surface area contributed by atoms with Gasteiger partial charge in [0.25, 0.3) is 0 Å². The Morgan fingerprint density at radius 3 is 2.94 bits per heavy atom. The zero-order valence-corrected chi connectivity index (χ0v) is 12.2. The van der Waals surface area contributed by atoms with E-state index in [2.05, 4.69) is 24.2 Å². The fourth-order valence-corrected chi connectivity index (χ4v) is 3.71. The van der Waals surface area contributed by atoms with E-state index in [1.807, 2.05) is 0 Å². The maximum atomic E-state index is 5.77. The molecule has 0 aromatic heterocycles. The fourth-order valence-electron chi connectivity index (χ4n) is 3.71. The highest BCUT2D eigenvalue weighted by molar-refractivity contribution is 4.88. The average molecular weight is 254 g/mol. The van der Waals surface area contributed by atoms with E-state index in [4.69, 9.17) is 4.74 Å². The molecule has 1 N–H and O–H groups in total. The lowest BCUT2D eigenvalue weighted by Gasteiger charge is -2.43. The molecular weight excluding hydrogens is 224 g/mol. The third-order valence-corrected chi connectivity index (χ3v) is 4.70. The summed E-state index contributed by atoms with van der Waals surface area (Å²) in [6.45, 7) is 9.17. The Bertz CT molecular complexity index is 233. The van der Waals surface area contributed by atoms with Gasteiger partial charge in [0.15, 0.2) is 0 Å². The summed E-state index contributed by atoms with van der Waals surface area (Å²) in [5.41, 5.74) is 0.364. The highest BCUT2D eigenvalue weighted by atomic mass is 16.5. The molecule has 2 rings (SSSR count). The molecule has 0 aromatic rings. The Kier molecular flexibility index (Phi) is 5.46. The second kappa shape index (κ2) is 6.88. The van der Waals surface area contributed by atoms with Gasteiger partial charge in [0, 0.05) is 31.7 Å². The van der Waals surface area contributed by atoms with Crippen molar-refractivity contribution in [1.29, 1.82) is 0 Å². The Balaban J connectivity index is 1.91. The van der Waals surface area contributed by atoms with Crippen LogP contribution in [-0.4, -0.2) is 51.3 Å². The van der Waals surface area contributed by atoms with Gasteiger partial charge in [0.1, 0.15) is 0 Å². The summed E-state index contributed by atoms with van der Waals surface area (Å²) in [7, 11) is 2.07. The van der Waals surface area contributed by atoms with Crippen LogP contribution in [0.2, 0.25) is 0 Å². The van der Waals surface area contributed by atoms with E-state index in [-0.39, 0.29) is 0 Å². The van der Waals surface area contributed by atoms with Gasteiger partial charge in [-0.2, -0.15) is 0 Å². The van der Waals surface area contributed by atoms with Crippen LogP contribution < -0.4 is 5.32 Å². The lowest BCUT2D eigenvalue weighted by atomic mass is 9.81. The van der Waals surface area contributed by atoms with Crippen LogP contribution >= 0.6 is 0 Å². The lowest BCUT2D eigenvalue weighted by Crippen LogP contribution is -2.50. The van der Waals surface area contributed by atoms with Gasteiger partial charge in [-0.25, -0.2) is 0 Å². The molecule has 0 aromatic carbocycles. The van der Waals surface area contributed by atoms with Crippen molar-refractivity contribution in [3.8, 4) is 0 Å². The van der Waals surface area contributed by atoms with Crippen molar-refractivity contribution >= 4 is 0 Å². The molecule has 106 valence electrons. The van der Waals surface area contributed by atoms with E-state index in [0.717, 1.165) is 25.7 Å². The van der Waals surface area contributed by atoms with E-state index in [9.17, 15) is 0 Å². The maximum Gasteiger partial charge on any atom is 0.0546 e. The normalized spacial score (nSPS) is 34.7. The molecule has 0 amide bonds. The van der Waals surface area contributed by atoms with Crippen molar-refractivity contribution in [3.05, 3.63) is 0 Å². The number of rotatable bonds is 5. The lowest BCUT2D eigenvalue weighted by molar-refractivity contribution is -0.0312. The molecule has 0 aliphatic carbocycles. The molecule has 0 bridgehead atoms. The number of hydrogen-bond donors (Lipinski definition) is 1. The average Bonchev–Trinajstić information content (AvgIpc) is 2.40. The van der Waals surface area contributed by atoms with Crippen molar-refractivity contribution in [2.24, 2.45) is 11.3 Å². The number of likely N-dealkylation sites (tertiary alicyclic amines) is 1. The molecule has 3 heteroatoms. The second-order valence-corrected chi connectivity index (χ2v) is 6.34. The summed E-state index contributed by atoms with van der Waals surface area (Å²) < 4.78 is 5.77. The van der Waals surface area contributed by atoms with Gasteiger partial charge in [-0.1, -0.05) is 13.3 Å². The highest BCUT2D eigenvalue weighted by Gasteiger charge is 2.35. The summed E-state index contributed by atoms with van der Waals surface area (Å²) in [6.07, 6.45) is 6.71. The van der Waals surface area contributed by atoms with Crippen molar-refractivity contribution in [3.63, 3.8) is 0 Å². The molecule has 0 radical (unpaired) electrons. The van der Waals surface area contributed by atoms with Crippen LogP contribution in [0.5, 0.6) is 0 Å². The summed E-state index contributed by atoms with van der Waals surface area (Å²) in [4.78, 5) is 2.70. The molecule has 2 aliphatic rings. The summed E-state index contributed by atoms with van der Waals surface area (Å²) in [6, 6.07) is 0. The van der Waals surface area contributed by atoms with Crippen LogP contribution in [-0.2, 0) is 4.74 Å². The Labute approximate surface area is 112 Å². The summed E-state index contributed by atoms with van der Waals surface area (Å²) >= 11 is 0. The fraction of sp³-hybridized carbons (Fsp3) is 1.00. The van der Waals surface area contributed by atoms with Crippen LogP contribution in [0, 0.1) is 11.3 Å². The zero-order chi connectivity index (χ0) is 12.8. The minimum absolute atomic E-state index is 0.364. The number of nitrogens with one attached hydrogen (secondary N) is 1. The minimum atomic E-state index is 0.364. The summed E-state index contributed by atoms with van der Waals surface area (Å²) in [5.74, 6) is 0.926. The largest absolute Gasteiger partial charge is 0.381 e. The zero-order valence-electron chi connectivity index (χ0n) is 12.2. The highest BCUT2D eigenvalue weighted by Crippen LogP contribution is 2.31. The number of ether oxygens (including phenoxy) is 1. The Morgan fingerprint density at radius 2 is 2.28 bits per heavy atom. The molecule has 2 heterocycles. The van der Waals surface area contributed by atoms with Gasteiger partial charge in [-0.15, -0.1) is 0 Å². The first-order chi connectivity index (χ1) is 8.78. The van der Waals surface area contributed by atoms with E-state index in [1.165, 1.54) is 51.7 Å². The van der Waals surface area contributed by atoms with Crippen molar-refractivity contribution in [2.75, 3.05) is 46.4 Å².